The maximum Gasteiger partial charge on any atom is 0.277 e. The number of ether oxygens (including phenoxy) is 1. The maximum atomic E-state index is 12.1. The van der Waals surface area contributed by atoms with Gasteiger partial charge in [-0.15, -0.1) is 0 Å². The number of hydrogen-bond donors (Lipinski definition) is 1. The molecule has 0 atom stereocenters. The Balaban J connectivity index is 1.32. The third-order valence-corrected chi connectivity index (χ3v) is 4.70. The number of hydrogen-bond acceptors (Lipinski definition) is 6. The van der Waals surface area contributed by atoms with E-state index in [4.69, 9.17) is 9.15 Å². The zero-order valence-electron chi connectivity index (χ0n) is 17.4. The summed E-state index contributed by atoms with van der Waals surface area (Å²) in [6.45, 7) is -0.201. The van der Waals surface area contributed by atoms with Crippen molar-refractivity contribution in [3.63, 3.8) is 0 Å². The van der Waals surface area contributed by atoms with Gasteiger partial charge >= 0.3 is 0 Å². The fourth-order valence-corrected chi connectivity index (χ4v) is 3.12. The van der Waals surface area contributed by atoms with Crippen LogP contribution < -0.4 is 10.2 Å². The first-order valence-corrected chi connectivity index (χ1v) is 10.0. The van der Waals surface area contributed by atoms with E-state index < -0.39 is 10.8 Å². The third-order valence-electron chi connectivity index (χ3n) is 4.70. The highest BCUT2D eigenvalue weighted by Gasteiger charge is 2.09. The van der Waals surface area contributed by atoms with Gasteiger partial charge in [-0.3, -0.25) is 14.9 Å². The van der Waals surface area contributed by atoms with Crippen LogP contribution in [0.4, 0.5) is 5.69 Å². The van der Waals surface area contributed by atoms with Crippen molar-refractivity contribution in [2.24, 2.45) is 5.10 Å². The van der Waals surface area contributed by atoms with E-state index in [1.54, 1.807) is 30.3 Å². The zero-order chi connectivity index (χ0) is 23.0. The monoisotopic (exact) mass is 441 g/mol. The molecule has 4 aromatic rings. The molecule has 1 aromatic heterocycles. The van der Waals surface area contributed by atoms with Crippen LogP contribution in [-0.2, 0) is 4.79 Å². The maximum absolute atomic E-state index is 12.1. The van der Waals surface area contributed by atoms with Crippen molar-refractivity contribution >= 4 is 17.8 Å². The standard InChI is InChI=1S/C25H19N3O5/c29-25(17-32-24-9-5-4-8-22(24)18-6-2-1-3-7-18)27-26-16-21-14-15-23(33-21)19-10-12-20(13-11-19)28(30)31/h1-16H,17H2,(H,27,29). The summed E-state index contributed by atoms with van der Waals surface area (Å²) in [6.07, 6.45) is 1.37. The molecule has 164 valence electrons. The van der Waals surface area contributed by atoms with E-state index in [1.807, 2.05) is 48.5 Å². The van der Waals surface area contributed by atoms with Gasteiger partial charge in [0, 0.05) is 23.3 Å². The van der Waals surface area contributed by atoms with Gasteiger partial charge in [-0.2, -0.15) is 5.10 Å². The largest absolute Gasteiger partial charge is 0.483 e. The van der Waals surface area contributed by atoms with E-state index in [1.165, 1.54) is 18.3 Å². The number of carbonyl (C=O) groups excluding carboxylic acids is 1. The Morgan fingerprint density at radius 1 is 0.939 bits per heavy atom. The Labute approximate surface area is 189 Å². The van der Waals surface area contributed by atoms with Crippen LogP contribution in [0.2, 0.25) is 0 Å². The molecule has 0 saturated carbocycles. The minimum atomic E-state index is -0.462. The number of carbonyl (C=O) groups is 1. The van der Waals surface area contributed by atoms with Crippen LogP contribution >= 0.6 is 0 Å². The first kappa shape index (κ1) is 21.5. The SMILES string of the molecule is O=C(COc1ccccc1-c1ccccc1)NN=Cc1ccc(-c2ccc([N+](=O)[O-])cc2)o1. The molecule has 0 aliphatic carbocycles. The van der Waals surface area contributed by atoms with Crippen molar-refractivity contribution in [3.05, 3.63) is 107 Å². The summed E-state index contributed by atoms with van der Waals surface area (Å²) in [6, 6.07) is 26.7. The molecule has 8 nitrogen and oxygen atoms in total. The Morgan fingerprint density at radius 3 is 2.42 bits per heavy atom. The second kappa shape index (κ2) is 10.1. The lowest BCUT2D eigenvalue weighted by atomic mass is 10.1. The molecule has 0 aliphatic heterocycles. The number of benzene rings is 3. The van der Waals surface area contributed by atoms with Crippen molar-refractivity contribution in [2.75, 3.05) is 6.61 Å². The average molecular weight is 441 g/mol. The van der Waals surface area contributed by atoms with Gasteiger partial charge in [0.15, 0.2) is 6.61 Å². The topological polar surface area (TPSA) is 107 Å². The molecule has 1 heterocycles. The molecule has 0 radical (unpaired) electrons. The molecule has 8 heteroatoms. The Morgan fingerprint density at radius 2 is 1.67 bits per heavy atom. The van der Waals surface area contributed by atoms with Gasteiger partial charge in [0.2, 0.25) is 0 Å². The molecule has 0 aliphatic rings. The molecule has 0 saturated heterocycles. The first-order valence-electron chi connectivity index (χ1n) is 10.0. The molecule has 3 aromatic carbocycles. The zero-order valence-corrected chi connectivity index (χ0v) is 17.4. The van der Waals surface area contributed by atoms with E-state index in [2.05, 4.69) is 10.5 Å². The van der Waals surface area contributed by atoms with Gasteiger partial charge in [0.05, 0.1) is 11.1 Å². The van der Waals surface area contributed by atoms with Gasteiger partial charge < -0.3 is 9.15 Å². The van der Waals surface area contributed by atoms with Gasteiger partial charge in [-0.05, 0) is 35.9 Å². The Bertz CT molecular complexity index is 1280. The van der Waals surface area contributed by atoms with E-state index in [0.717, 1.165) is 11.1 Å². The quantitative estimate of drug-likeness (QED) is 0.234. The smallest absolute Gasteiger partial charge is 0.277 e. The summed E-state index contributed by atoms with van der Waals surface area (Å²) < 4.78 is 11.3. The van der Waals surface area contributed by atoms with E-state index >= 15 is 0 Å². The average Bonchev–Trinajstić information content (AvgIpc) is 3.32. The molecule has 0 spiro atoms. The van der Waals surface area contributed by atoms with E-state index in [-0.39, 0.29) is 12.3 Å². The van der Waals surface area contributed by atoms with Crippen molar-refractivity contribution in [1.82, 2.24) is 5.43 Å². The van der Waals surface area contributed by atoms with Gasteiger partial charge in [0.1, 0.15) is 17.3 Å². The fraction of sp³-hybridized carbons (Fsp3) is 0.0400. The van der Waals surface area contributed by atoms with Crippen LogP contribution in [0.25, 0.3) is 22.5 Å². The summed E-state index contributed by atoms with van der Waals surface area (Å²) >= 11 is 0. The Hall–Kier alpha value is -4.72. The molecular formula is C25H19N3O5. The van der Waals surface area contributed by atoms with Crippen LogP contribution in [0.3, 0.4) is 0 Å². The van der Waals surface area contributed by atoms with E-state index in [9.17, 15) is 14.9 Å². The second-order valence-corrected chi connectivity index (χ2v) is 6.95. The molecule has 4 rings (SSSR count). The van der Waals surface area contributed by atoms with Crippen LogP contribution in [0.1, 0.15) is 5.76 Å². The fourth-order valence-electron chi connectivity index (χ4n) is 3.12. The van der Waals surface area contributed by atoms with Crippen molar-refractivity contribution in [2.45, 2.75) is 0 Å². The van der Waals surface area contributed by atoms with Crippen LogP contribution in [0.15, 0.2) is 101 Å². The number of hydrazone groups is 1. The molecule has 1 N–H and O–H groups in total. The summed E-state index contributed by atoms with van der Waals surface area (Å²) in [5, 5.41) is 14.6. The molecule has 0 bridgehead atoms. The lowest BCUT2D eigenvalue weighted by molar-refractivity contribution is -0.384. The van der Waals surface area contributed by atoms with Gasteiger partial charge in [-0.1, -0.05) is 48.5 Å². The number of nitrogens with zero attached hydrogens (tertiary/aromatic N) is 2. The summed E-state index contributed by atoms with van der Waals surface area (Å²) in [7, 11) is 0. The van der Waals surface area contributed by atoms with Gasteiger partial charge in [0.25, 0.3) is 11.6 Å². The predicted octanol–water partition coefficient (Wildman–Crippen LogP) is 5.05. The summed E-state index contributed by atoms with van der Waals surface area (Å²) in [5.41, 5.74) is 4.98. The second-order valence-electron chi connectivity index (χ2n) is 6.95. The summed E-state index contributed by atoms with van der Waals surface area (Å²) in [5.74, 6) is 1.12. The Kier molecular flexibility index (Phi) is 6.56. The molecule has 33 heavy (non-hydrogen) atoms. The third kappa shape index (κ3) is 5.50. The first-order chi connectivity index (χ1) is 16.1. The predicted molar refractivity (Wildman–Crippen MR) is 124 cm³/mol. The number of para-hydroxylation sites is 1. The van der Waals surface area contributed by atoms with Crippen molar-refractivity contribution in [1.29, 1.82) is 0 Å². The van der Waals surface area contributed by atoms with Gasteiger partial charge in [-0.25, -0.2) is 5.43 Å². The minimum absolute atomic E-state index is 0.00316. The molecule has 0 fully saturated rings. The summed E-state index contributed by atoms with van der Waals surface area (Å²) in [4.78, 5) is 22.4. The lowest BCUT2D eigenvalue weighted by Crippen LogP contribution is -2.24. The number of rotatable bonds is 8. The van der Waals surface area contributed by atoms with Crippen LogP contribution in [-0.4, -0.2) is 23.7 Å². The van der Waals surface area contributed by atoms with Crippen molar-refractivity contribution in [3.8, 4) is 28.2 Å². The normalized spacial score (nSPS) is 10.8. The highest BCUT2D eigenvalue weighted by Crippen LogP contribution is 2.29. The van der Waals surface area contributed by atoms with Crippen molar-refractivity contribution < 1.29 is 18.9 Å². The minimum Gasteiger partial charge on any atom is -0.483 e. The number of nitro groups is 1. The lowest BCUT2D eigenvalue weighted by Gasteiger charge is -2.10. The van der Waals surface area contributed by atoms with E-state index in [0.29, 0.717) is 22.8 Å². The number of non-ortho nitro benzene ring substituents is 1. The number of furan rings is 1. The number of nitrogens with one attached hydrogen (secondary N) is 1. The molecular weight excluding hydrogens is 422 g/mol. The number of nitro benzene ring substituents is 1. The van der Waals surface area contributed by atoms with Crippen LogP contribution in [0.5, 0.6) is 5.75 Å². The van der Waals surface area contributed by atoms with Crippen LogP contribution in [0, 0.1) is 10.1 Å². The molecule has 1 amide bonds. The highest BCUT2D eigenvalue weighted by atomic mass is 16.6. The highest BCUT2D eigenvalue weighted by molar-refractivity contribution is 5.82. The number of amides is 1. The molecule has 0 unspecified atom stereocenters.